The molecular formula is C9H19K3O7P2. The molecule has 0 bridgehead atoms. The third kappa shape index (κ3) is 18.3. The van der Waals surface area contributed by atoms with Crippen LogP contribution in [0.15, 0.2) is 0 Å². The van der Waals surface area contributed by atoms with Crippen molar-refractivity contribution < 1.29 is 188 Å². The molecule has 7 nitrogen and oxygen atoms in total. The van der Waals surface area contributed by atoms with Crippen molar-refractivity contribution in [2.45, 2.75) is 51.0 Å². The molecule has 0 aliphatic carbocycles. The average Bonchev–Trinajstić information content (AvgIpc) is 2.25. The van der Waals surface area contributed by atoms with Gasteiger partial charge in [0.25, 0.3) is 0 Å². The minimum atomic E-state index is -5.59. The van der Waals surface area contributed by atoms with Gasteiger partial charge in [0.1, 0.15) is 5.59 Å². The van der Waals surface area contributed by atoms with Crippen molar-refractivity contribution in [3.63, 3.8) is 0 Å². The second-order valence-electron chi connectivity index (χ2n) is 4.03. The molecule has 0 radical (unpaired) electrons. The normalized spacial score (nSPS) is 14.9. The van der Waals surface area contributed by atoms with Crippen LogP contribution in [0.5, 0.6) is 0 Å². The molecule has 0 spiro atoms. The van der Waals surface area contributed by atoms with E-state index in [0.29, 0.717) is 6.42 Å². The van der Waals surface area contributed by atoms with Gasteiger partial charge in [-0.05, 0) is 14.0 Å². The van der Waals surface area contributed by atoms with E-state index < -0.39 is 20.8 Å². The summed E-state index contributed by atoms with van der Waals surface area (Å²) in [4.78, 5) is 31.8. The van der Waals surface area contributed by atoms with Crippen molar-refractivity contribution in [3.8, 4) is 0 Å². The van der Waals surface area contributed by atoms with Crippen LogP contribution in [0.3, 0.4) is 0 Å². The third-order valence-corrected chi connectivity index (χ3v) is 5.71. The maximum Gasteiger partial charge on any atom is 1.00 e. The van der Waals surface area contributed by atoms with E-state index in [4.69, 9.17) is 5.11 Å². The molecule has 0 rings (SSSR count). The third-order valence-electron chi connectivity index (χ3n) is 2.33. The van der Waals surface area contributed by atoms with Gasteiger partial charge in [-0.25, -0.2) is 0 Å². The van der Waals surface area contributed by atoms with Gasteiger partial charge < -0.3 is 33.4 Å². The molecule has 2 unspecified atom stereocenters. The summed E-state index contributed by atoms with van der Waals surface area (Å²) in [5.74, 6) is 0. The van der Waals surface area contributed by atoms with Gasteiger partial charge in [-0.2, -0.15) is 0 Å². The Morgan fingerprint density at radius 3 is 1.81 bits per heavy atom. The van der Waals surface area contributed by atoms with Crippen molar-refractivity contribution in [3.05, 3.63) is 0 Å². The summed E-state index contributed by atoms with van der Waals surface area (Å²) < 4.78 is 25.8. The molecular weight excluding hydrogens is 399 g/mol. The average molecular weight is 418 g/mol. The number of unbranched alkanes of at least 4 members (excludes halogenated alkanes) is 5. The monoisotopic (exact) mass is 418 g/mol. The summed E-state index contributed by atoms with van der Waals surface area (Å²) in [6.07, 6.45) is 5.37. The zero-order chi connectivity index (χ0) is 14.2. The SMILES string of the molecule is CCCCCCCCOP(=O)([O-])C(O)P(=O)([O-])[O-].[K+].[K+].[K+]. The first kappa shape index (κ1) is 33.7. The molecule has 0 aromatic heterocycles. The smallest absolute Gasteiger partial charge is 0.809 e. The fourth-order valence-corrected chi connectivity index (χ4v) is 3.42. The second kappa shape index (κ2) is 18.5. The van der Waals surface area contributed by atoms with Gasteiger partial charge in [-0.1, -0.05) is 39.0 Å². The molecule has 12 heteroatoms. The molecule has 0 aliphatic rings. The molecule has 0 heterocycles. The first-order valence-corrected chi connectivity index (χ1v) is 9.09. The Labute approximate surface area is 254 Å². The molecule has 0 saturated heterocycles. The van der Waals surface area contributed by atoms with E-state index in [1.807, 2.05) is 0 Å². The predicted octanol–water partition coefficient (Wildman–Crippen LogP) is -8.88. The summed E-state index contributed by atoms with van der Waals surface area (Å²) in [7, 11) is -10.6. The largest absolute Gasteiger partial charge is 1.00 e. The summed E-state index contributed by atoms with van der Waals surface area (Å²) in [5.41, 5.74) is -3.00. The van der Waals surface area contributed by atoms with Gasteiger partial charge in [-0.15, -0.1) is 0 Å². The van der Waals surface area contributed by atoms with E-state index >= 15 is 0 Å². The van der Waals surface area contributed by atoms with Crippen LogP contribution in [0.2, 0.25) is 0 Å². The van der Waals surface area contributed by atoms with E-state index in [-0.39, 0.29) is 161 Å². The fraction of sp³-hybridized carbons (Fsp3) is 1.00. The van der Waals surface area contributed by atoms with Gasteiger partial charge in [0.2, 0.25) is 0 Å². The Hall–Kier alpha value is 5.17. The maximum absolute atomic E-state index is 11.1. The minimum absolute atomic E-state index is 0. The Bertz CT molecular complexity index is 326. The van der Waals surface area contributed by atoms with Gasteiger partial charge in [0, 0.05) is 0 Å². The second-order valence-corrected chi connectivity index (χ2v) is 7.83. The van der Waals surface area contributed by atoms with Gasteiger partial charge in [-0.3, -0.25) is 0 Å². The molecule has 0 aromatic carbocycles. The molecule has 0 fully saturated rings. The Morgan fingerprint density at radius 2 is 1.38 bits per heavy atom. The molecule has 0 aromatic rings. The molecule has 1 N–H and O–H groups in total. The molecule has 0 aliphatic heterocycles. The number of aliphatic hydroxyl groups is 1. The van der Waals surface area contributed by atoms with Gasteiger partial charge in [0.15, 0.2) is 7.60 Å². The molecule has 0 amide bonds. The van der Waals surface area contributed by atoms with Crippen LogP contribution in [0.4, 0.5) is 0 Å². The molecule has 0 saturated carbocycles. The van der Waals surface area contributed by atoms with Crippen LogP contribution in [-0.2, 0) is 13.7 Å². The predicted molar refractivity (Wildman–Crippen MR) is 60.5 cm³/mol. The van der Waals surface area contributed by atoms with Crippen LogP contribution < -0.4 is 169 Å². The van der Waals surface area contributed by atoms with Gasteiger partial charge in [0.05, 0.1) is 6.61 Å². The van der Waals surface area contributed by atoms with E-state index in [2.05, 4.69) is 11.4 Å². The zero-order valence-corrected chi connectivity index (χ0v) is 24.5. The van der Waals surface area contributed by atoms with Crippen molar-refractivity contribution in [1.29, 1.82) is 0 Å². The Balaban J connectivity index is -0.000000482. The van der Waals surface area contributed by atoms with E-state index in [1.165, 1.54) is 0 Å². The quantitative estimate of drug-likeness (QED) is 0.212. The molecule has 110 valence electrons. The van der Waals surface area contributed by atoms with Crippen molar-refractivity contribution in [2.75, 3.05) is 6.61 Å². The summed E-state index contributed by atoms with van der Waals surface area (Å²) >= 11 is 0. The van der Waals surface area contributed by atoms with Crippen LogP contribution in [0, 0.1) is 0 Å². The van der Waals surface area contributed by atoms with Crippen LogP contribution in [0.1, 0.15) is 45.4 Å². The van der Waals surface area contributed by atoms with Crippen LogP contribution in [-0.4, -0.2) is 17.3 Å². The Kier molecular flexibility index (Phi) is 29.8. The maximum atomic E-state index is 11.1. The first-order valence-electron chi connectivity index (χ1n) is 5.87. The van der Waals surface area contributed by atoms with Crippen molar-refractivity contribution in [1.82, 2.24) is 0 Å². The van der Waals surface area contributed by atoms with Crippen molar-refractivity contribution >= 4 is 15.2 Å². The zero-order valence-electron chi connectivity index (χ0n) is 13.3. The summed E-state index contributed by atoms with van der Waals surface area (Å²) in [5, 5.41) is 8.80. The van der Waals surface area contributed by atoms with Gasteiger partial charge >= 0.3 is 154 Å². The van der Waals surface area contributed by atoms with Crippen molar-refractivity contribution in [2.24, 2.45) is 0 Å². The number of rotatable bonds is 10. The topological polar surface area (TPSA) is 133 Å². The number of aliphatic hydroxyl groups excluding tert-OH is 1. The molecule has 21 heavy (non-hydrogen) atoms. The van der Waals surface area contributed by atoms with E-state index in [1.54, 1.807) is 0 Å². The number of hydrogen-bond acceptors (Lipinski definition) is 7. The fourth-order valence-electron chi connectivity index (χ4n) is 1.31. The van der Waals surface area contributed by atoms with E-state index in [0.717, 1.165) is 32.1 Å². The van der Waals surface area contributed by atoms with E-state index in [9.17, 15) is 23.8 Å². The number of hydrogen-bond donors (Lipinski definition) is 1. The summed E-state index contributed by atoms with van der Waals surface area (Å²) in [6.45, 7) is 1.85. The standard InChI is InChI=1S/C9H22O7P2.3K/c1-2-3-4-5-6-7-8-16-18(14,15)9(10)17(11,12)13;;;/h9-10H,2-8H2,1H3,(H,14,15)(H2,11,12,13);;;/q;3*+1/p-3. The van der Waals surface area contributed by atoms with Crippen LogP contribution >= 0.6 is 15.2 Å². The Morgan fingerprint density at radius 1 is 0.952 bits per heavy atom. The first-order chi connectivity index (χ1) is 8.22. The minimum Gasteiger partial charge on any atom is -0.809 e. The molecule has 2 atom stereocenters. The summed E-state index contributed by atoms with van der Waals surface area (Å²) in [6, 6.07) is 0. The van der Waals surface area contributed by atoms with Crippen LogP contribution in [0.25, 0.3) is 0 Å².